The van der Waals surface area contributed by atoms with Crippen LogP contribution in [0, 0.1) is 5.41 Å². The molecular weight excluding hydrogens is 240 g/mol. The van der Waals surface area contributed by atoms with Crippen molar-refractivity contribution >= 4 is 11.6 Å². The van der Waals surface area contributed by atoms with Gasteiger partial charge in [0.05, 0.1) is 5.76 Å². The van der Waals surface area contributed by atoms with Gasteiger partial charge < -0.3 is 5.11 Å². The van der Waals surface area contributed by atoms with Crippen molar-refractivity contribution in [3.8, 4) is 0 Å². The Morgan fingerprint density at radius 3 is 2.53 bits per heavy atom. The molecule has 2 aliphatic carbocycles. The Morgan fingerprint density at radius 1 is 1.16 bits per heavy atom. The van der Waals surface area contributed by atoms with Crippen LogP contribution in [-0.2, 0) is 9.59 Å². The zero-order chi connectivity index (χ0) is 14.0. The number of Topliss-reactive ketones (excluding diaryl/α,β-unsaturated/α-hetero) is 2. The molecule has 1 N–H and O–H groups in total. The molecule has 0 heterocycles. The molecule has 0 bridgehead atoms. The number of ketones is 2. The van der Waals surface area contributed by atoms with Crippen molar-refractivity contribution in [3.63, 3.8) is 0 Å². The lowest BCUT2D eigenvalue weighted by Crippen LogP contribution is -2.26. The molecule has 19 heavy (non-hydrogen) atoms. The van der Waals surface area contributed by atoms with Crippen LogP contribution in [0.5, 0.6) is 0 Å². The first-order chi connectivity index (χ1) is 8.89. The highest BCUT2D eigenvalue weighted by molar-refractivity contribution is 5.98. The van der Waals surface area contributed by atoms with Crippen LogP contribution in [0.4, 0.5) is 0 Å². The highest BCUT2D eigenvalue weighted by atomic mass is 16.3. The third kappa shape index (κ3) is 3.34. The van der Waals surface area contributed by atoms with E-state index in [4.69, 9.17) is 0 Å². The molecule has 0 unspecified atom stereocenters. The van der Waals surface area contributed by atoms with Gasteiger partial charge in [0.15, 0.2) is 11.6 Å². The summed E-state index contributed by atoms with van der Waals surface area (Å²) in [7, 11) is 0. The zero-order valence-corrected chi connectivity index (χ0v) is 11.8. The lowest BCUT2D eigenvalue weighted by Gasteiger charge is -2.29. The fourth-order valence-corrected chi connectivity index (χ4v) is 2.92. The fourth-order valence-electron chi connectivity index (χ4n) is 2.92. The van der Waals surface area contributed by atoms with Gasteiger partial charge in [0.1, 0.15) is 0 Å². The van der Waals surface area contributed by atoms with E-state index in [0.717, 1.165) is 18.4 Å². The first-order valence-electron chi connectivity index (χ1n) is 7.05. The molecule has 104 valence electrons. The predicted molar refractivity (Wildman–Crippen MR) is 73.9 cm³/mol. The van der Waals surface area contributed by atoms with E-state index < -0.39 is 0 Å². The fraction of sp³-hybridized carbons (Fsp3) is 0.625. The van der Waals surface area contributed by atoms with Crippen molar-refractivity contribution < 1.29 is 14.7 Å². The summed E-state index contributed by atoms with van der Waals surface area (Å²) in [6.45, 7) is 3.98. The molecule has 0 aromatic carbocycles. The van der Waals surface area contributed by atoms with Gasteiger partial charge in [-0.05, 0) is 36.7 Å². The summed E-state index contributed by atoms with van der Waals surface area (Å²) in [5.74, 6) is 0.470. The third-order valence-electron chi connectivity index (χ3n) is 3.97. The summed E-state index contributed by atoms with van der Waals surface area (Å²) >= 11 is 0. The smallest absolute Gasteiger partial charge is 0.162 e. The molecule has 0 amide bonds. The number of aliphatic hydroxyl groups is 1. The Labute approximate surface area is 114 Å². The van der Waals surface area contributed by atoms with E-state index in [-0.39, 0.29) is 22.7 Å². The van der Waals surface area contributed by atoms with Gasteiger partial charge in [-0.1, -0.05) is 19.9 Å². The number of allylic oxidation sites excluding steroid dienone is 4. The van der Waals surface area contributed by atoms with Crippen molar-refractivity contribution in [1.29, 1.82) is 0 Å². The Hall–Kier alpha value is -1.38. The van der Waals surface area contributed by atoms with E-state index in [2.05, 4.69) is 0 Å². The zero-order valence-electron chi connectivity index (χ0n) is 11.8. The third-order valence-corrected chi connectivity index (χ3v) is 3.97. The summed E-state index contributed by atoms with van der Waals surface area (Å²) < 4.78 is 0. The molecule has 0 aromatic rings. The van der Waals surface area contributed by atoms with Crippen LogP contribution in [-0.4, -0.2) is 16.7 Å². The molecule has 0 spiro atoms. The number of rotatable bonds is 3. The van der Waals surface area contributed by atoms with Gasteiger partial charge >= 0.3 is 0 Å². The number of hydrogen-bond donors (Lipinski definition) is 1. The maximum atomic E-state index is 12.1. The van der Waals surface area contributed by atoms with Crippen molar-refractivity contribution in [1.82, 2.24) is 0 Å². The molecule has 0 fully saturated rings. The molecule has 0 saturated carbocycles. The average molecular weight is 262 g/mol. The largest absolute Gasteiger partial charge is 0.512 e. The second-order valence-corrected chi connectivity index (χ2v) is 6.41. The van der Waals surface area contributed by atoms with Crippen LogP contribution >= 0.6 is 0 Å². The average Bonchev–Trinajstić information content (AvgIpc) is 2.28. The Morgan fingerprint density at radius 2 is 1.89 bits per heavy atom. The summed E-state index contributed by atoms with van der Waals surface area (Å²) in [4.78, 5) is 23.8. The molecule has 3 nitrogen and oxygen atoms in total. The maximum absolute atomic E-state index is 12.1. The molecule has 0 aliphatic heterocycles. The number of aliphatic hydroxyl groups excluding tert-OH is 1. The van der Waals surface area contributed by atoms with E-state index >= 15 is 0 Å². The molecule has 3 heteroatoms. The minimum atomic E-state index is -0.148. The lowest BCUT2D eigenvalue weighted by atomic mass is 9.75. The van der Waals surface area contributed by atoms with Gasteiger partial charge in [-0.2, -0.15) is 0 Å². The van der Waals surface area contributed by atoms with Crippen LogP contribution in [0.15, 0.2) is 23.0 Å². The second kappa shape index (κ2) is 5.32. The minimum Gasteiger partial charge on any atom is -0.512 e. The highest BCUT2D eigenvalue weighted by Crippen LogP contribution is 2.37. The Balaban J connectivity index is 2.05. The second-order valence-electron chi connectivity index (χ2n) is 6.41. The van der Waals surface area contributed by atoms with Crippen LogP contribution in [0.1, 0.15) is 58.8 Å². The van der Waals surface area contributed by atoms with Crippen molar-refractivity contribution in [2.45, 2.75) is 58.8 Å². The van der Waals surface area contributed by atoms with Crippen molar-refractivity contribution in [3.05, 3.63) is 23.0 Å². The monoisotopic (exact) mass is 262 g/mol. The van der Waals surface area contributed by atoms with E-state index in [1.165, 1.54) is 0 Å². The molecule has 0 aromatic heterocycles. The standard InChI is InChI=1S/C16H22O3/c1-16(2)9-14(18)12(15(19)10-16)8-7-11-5-3-4-6-13(11)17/h5,18H,3-4,6-10H2,1-2H3. The van der Waals surface area contributed by atoms with E-state index in [1.807, 2.05) is 19.9 Å². The van der Waals surface area contributed by atoms with Crippen molar-refractivity contribution in [2.24, 2.45) is 5.41 Å². The highest BCUT2D eigenvalue weighted by Gasteiger charge is 2.32. The van der Waals surface area contributed by atoms with Crippen LogP contribution in [0.3, 0.4) is 0 Å². The number of hydrogen-bond acceptors (Lipinski definition) is 3. The first-order valence-corrected chi connectivity index (χ1v) is 7.05. The molecular formula is C16H22O3. The number of carbonyl (C=O) groups is 2. The van der Waals surface area contributed by atoms with Crippen LogP contribution in [0.2, 0.25) is 0 Å². The Kier molecular flexibility index (Phi) is 3.93. The summed E-state index contributed by atoms with van der Waals surface area (Å²) in [5, 5.41) is 10.0. The van der Waals surface area contributed by atoms with Gasteiger partial charge in [0.25, 0.3) is 0 Å². The summed E-state index contributed by atoms with van der Waals surface area (Å²) in [6, 6.07) is 0. The Bertz CT molecular complexity index is 466. The normalized spacial score (nSPS) is 23.6. The number of carbonyl (C=O) groups excluding carboxylic acids is 2. The quantitative estimate of drug-likeness (QED) is 0.844. The molecule has 0 atom stereocenters. The molecule has 0 radical (unpaired) electrons. The predicted octanol–water partition coefficient (Wildman–Crippen LogP) is 3.65. The SMILES string of the molecule is CC1(C)CC(=O)C(CCC2=CCCCC2=O)=C(O)C1. The lowest BCUT2D eigenvalue weighted by molar-refractivity contribution is -0.119. The van der Waals surface area contributed by atoms with Gasteiger partial charge in [-0.15, -0.1) is 0 Å². The van der Waals surface area contributed by atoms with E-state index in [0.29, 0.717) is 37.7 Å². The van der Waals surface area contributed by atoms with Crippen LogP contribution in [0.25, 0.3) is 0 Å². The first kappa shape index (κ1) is 14.0. The van der Waals surface area contributed by atoms with Gasteiger partial charge in [0, 0.05) is 24.8 Å². The topological polar surface area (TPSA) is 54.4 Å². The molecule has 0 saturated heterocycles. The maximum Gasteiger partial charge on any atom is 0.162 e. The van der Waals surface area contributed by atoms with E-state index in [1.54, 1.807) is 0 Å². The van der Waals surface area contributed by atoms with Crippen LogP contribution < -0.4 is 0 Å². The molecule has 2 rings (SSSR count). The van der Waals surface area contributed by atoms with Gasteiger partial charge in [-0.25, -0.2) is 0 Å². The minimum absolute atomic E-state index is 0.0395. The van der Waals surface area contributed by atoms with Crippen molar-refractivity contribution in [2.75, 3.05) is 0 Å². The van der Waals surface area contributed by atoms with E-state index in [9.17, 15) is 14.7 Å². The summed E-state index contributed by atoms with van der Waals surface area (Å²) in [6.07, 6.45) is 6.62. The summed E-state index contributed by atoms with van der Waals surface area (Å²) in [5.41, 5.74) is 1.23. The molecule has 2 aliphatic rings. The van der Waals surface area contributed by atoms with Gasteiger partial charge in [-0.3, -0.25) is 9.59 Å². The van der Waals surface area contributed by atoms with Gasteiger partial charge in [0.2, 0.25) is 0 Å².